The lowest BCUT2D eigenvalue weighted by Crippen LogP contribution is -2.02. The van der Waals surface area contributed by atoms with Gasteiger partial charge in [-0.05, 0) is 24.1 Å². The topological polar surface area (TPSA) is 61.0 Å². The van der Waals surface area contributed by atoms with Crippen molar-refractivity contribution in [3.05, 3.63) is 23.9 Å². The number of benzene rings is 1. The summed E-state index contributed by atoms with van der Waals surface area (Å²) in [6.45, 7) is 4.17. The van der Waals surface area contributed by atoms with Crippen molar-refractivity contribution in [3.8, 4) is 5.75 Å². The van der Waals surface area contributed by atoms with E-state index in [0.29, 0.717) is 11.9 Å². The van der Waals surface area contributed by atoms with Crippen LogP contribution in [0.3, 0.4) is 0 Å². The minimum atomic E-state index is 0.305. The van der Waals surface area contributed by atoms with Crippen LogP contribution in [0.1, 0.15) is 25.5 Å². The summed E-state index contributed by atoms with van der Waals surface area (Å²) in [5, 5.41) is 1.00. The van der Waals surface area contributed by atoms with Crippen molar-refractivity contribution in [1.29, 1.82) is 0 Å². The van der Waals surface area contributed by atoms with Crippen molar-refractivity contribution in [2.24, 2.45) is 0 Å². The number of nitrogens with two attached hydrogens (primary N) is 1. The molecule has 0 saturated heterocycles. The molecule has 16 heavy (non-hydrogen) atoms. The van der Waals surface area contributed by atoms with Crippen LogP contribution in [0.2, 0.25) is 0 Å². The second-order valence-electron chi connectivity index (χ2n) is 4.00. The van der Waals surface area contributed by atoms with Gasteiger partial charge in [0.2, 0.25) is 5.95 Å². The highest BCUT2D eigenvalue weighted by Gasteiger charge is 2.10. The summed E-state index contributed by atoms with van der Waals surface area (Å²) in [7, 11) is 1.65. The molecule has 2 aromatic rings. The van der Waals surface area contributed by atoms with Gasteiger partial charge in [-0.2, -0.15) is 0 Å². The molecule has 1 heterocycles. The van der Waals surface area contributed by atoms with Gasteiger partial charge in [-0.25, -0.2) is 9.97 Å². The van der Waals surface area contributed by atoms with Gasteiger partial charge in [0.25, 0.3) is 0 Å². The first-order valence-corrected chi connectivity index (χ1v) is 5.23. The van der Waals surface area contributed by atoms with Gasteiger partial charge < -0.3 is 10.5 Å². The van der Waals surface area contributed by atoms with Crippen LogP contribution in [-0.2, 0) is 0 Å². The van der Waals surface area contributed by atoms with Gasteiger partial charge in [-0.3, -0.25) is 0 Å². The Labute approximate surface area is 94.5 Å². The summed E-state index contributed by atoms with van der Waals surface area (Å²) in [4.78, 5) is 8.49. The number of hydrogen-bond donors (Lipinski definition) is 1. The van der Waals surface area contributed by atoms with Crippen LogP contribution < -0.4 is 10.5 Å². The third-order valence-electron chi connectivity index (χ3n) is 2.50. The Morgan fingerprint density at radius 1 is 1.25 bits per heavy atom. The number of hydrogen-bond acceptors (Lipinski definition) is 4. The molecule has 0 aliphatic rings. The molecule has 0 atom stereocenters. The van der Waals surface area contributed by atoms with Crippen LogP contribution in [0.4, 0.5) is 5.95 Å². The van der Waals surface area contributed by atoms with Gasteiger partial charge in [0.15, 0.2) is 0 Å². The maximum atomic E-state index is 5.68. The molecule has 0 aliphatic carbocycles. The zero-order valence-corrected chi connectivity index (χ0v) is 9.69. The number of fused-ring (bicyclic) bond motifs is 1. The van der Waals surface area contributed by atoms with Gasteiger partial charge in [-0.15, -0.1) is 0 Å². The predicted molar refractivity (Wildman–Crippen MR) is 64.6 cm³/mol. The zero-order valence-electron chi connectivity index (χ0n) is 9.69. The summed E-state index contributed by atoms with van der Waals surface area (Å²) in [6.07, 6.45) is 0. The highest BCUT2D eigenvalue weighted by Crippen LogP contribution is 2.26. The van der Waals surface area contributed by atoms with Crippen LogP contribution in [0.15, 0.2) is 18.2 Å². The third kappa shape index (κ3) is 1.78. The molecule has 0 radical (unpaired) electrons. The Kier molecular flexibility index (Phi) is 2.64. The SMILES string of the molecule is COc1ccc2nc(N)nc(C(C)C)c2c1. The van der Waals surface area contributed by atoms with Crippen LogP contribution >= 0.6 is 0 Å². The Bertz CT molecular complexity index is 523. The highest BCUT2D eigenvalue weighted by atomic mass is 16.5. The van der Waals surface area contributed by atoms with Crippen molar-refractivity contribution in [2.45, 2.75) is 19.8 Å². The maximum Gasteiger partial charge on any atom is 0.220 e. The second-order valence-corrected chi connectivity index (χ2v) is 4.00. The summed E-state index contributed by atoms with van der Waals surface area (Å²) in [6, 6.07) is 5.72. The van der Waals surface area contributed by atoms with Gasteiger partial charge in [-0.1, -0.05) is 13.8 Å². The van der Waals surface area contributed by atoms with E-state index in [-0.39, 0.29) is 0 Å². The number of nitrogen functional groups attached to an aromatic ring is 1. The molecule has 1 aromatic heterocycles. The first-order valence-electron chi connectivity index (χ1n) is 5.23. The fraction of sp³-hybridized carbons (Fsp3) is 0.333. The van der Waals surface area contributed by atoms with Crippen molar-refractivity contribution in [2.75, 3.05) is 12.8 Å². The highest BCUT2D eigenvalue weighted by molar-refractivity contribution is 5.83. The van der Waals surface area contributed by atoms with E-state index in [2.05, 4.69) is 23.8 Å². The van der Waals surface area contributed by atoms with Crippen molar-refractivity contribution >= 4 is 16.9 Å². The molecule has 4 nitrogen and oxygen atoms in total. The van der Waals surface area contributed by atoms with Gasteiger partial charge in [0.05, 0.1) is 18.3 Å². The lowest BCUT2D eigenvalue weighted by molar-refractivity contribution is 0.415. The number of aromatic nitrogens is 2. The van der Waals surface area contributed by atoms with E-state index in [0.717, 1.165) is 22.3 Å². The molecule has 4 heteroatoms. The standard InChI is InChI=1S/C12H15N3O/c1-7(2)11-9-6-8(16-3)4-5-10(9)14-12(13)15-11/h4-7H,1-3H3,(H2,13,14,15). The minimum absolute atomic E-state index is 0.305. The number of methoxy groups -OCH3 is 1. The third-order valence-corrected chi connectivity index (χ3v) is 2.50. The first-order chi connectivity index (χ1) is 7.61. The Morgan fingerprint density at radius 2 is 2.00 bits per heavy atom. The monoisotopic (exact) mass is 217 g/mol. The quantitative estimate of drug-likeness (QED) is 0.838. The summed E-state index contributed by atoms with van der Waals surface area (Å²) < 4.78 is 5.20. The normalized spacial score (nSPS) is 11.0. The van der Waals surface area contributed by atoms with Gasteiger partial charge >= 0.3 is 0 Å². The van der Waals surface area contributed by atoms with Crippen LogP contribution in [0.5, 0.6) is 5.75 Å². The van der Waals surface area contributed by atoms with Crippen LogP contribution in [-0.4, -0.2) is 17.1 Å². The van der Waals surface area contributed by atoms with Crippen LogP contribution in [0.25, 0.3) is 10.9 Å². The number of ether oxygens (including phenoxy) is 1. The second kappa shape index (κ2) is 3.96. The fourth-order valence-corrected chi connectivity index (χ4v) is 1.72. The summed E-state index contributed by atoms with van der Waals surface area (Å²) >= 11 is 0. The Hall–Kier alpha value is -1.84. The smallest absolute Gasteiger partial charge is 0.220 e. The van der Waals surface area contributed by atoms with E-state index in [1.54, 1.807) is 7.11 Å². The van der Waals surface area contributed by atoms with Gasteiger partial charge in [0.1, 0.15) is 5.75 Å². The molecule has 0 unspecified atom stereocenters. The maximum absolute atomic E-state index is 5.68. The van der Waals surface area contributed by atoms with E-state index in [1.807, 2.05) is 18.2 Å². The number of nitrogens with zero attached hydrogens (tertiary/aromatic N) is 2. The summed E-state index contributed by atoms with van der Waals surface area (Å²) in [5.74, 6) is 1.43. The van der Waals surface area contributed by atoms with Crippen LogP contribution in [0, 0.1) is 0 Å². The number of rotatable bonds is 2. The van der Waals surface area contributed by atoms with E-state index >= 15 is 0 Å². The molecule has 0 aliphatic heterocycles. The molecule has 2 N–H and O–H groups in total. The molecule has 0 fully saturated rings. The Balaban J connectivity index is 2.75. The lowest BCUT2D eigenvalue weighted by Gasteiger charge is -2.10. The molecular weight excluding hydrogens is 202 g/mol. The minimum Gasteiger partial charge on any atom is -0.497 e. The van der Waals surface area contributed by atoms with E-state index < -0.39 is 0 Å². The molecule has 0 saturated carbocycles. The average Bonchev–Trinajstić information content (AvgIpc) is 2.27. The summed E-state index contributed by atoms with van der Waals surface area (Å²) in [5.41, 5.74) is 7.50. The molecular formula is C12H15N3O. The fourth-order valence-electron chi connectivity index (χ4n) is 1.72. The molecule has 0 amide bonds. The van der Waals surface area contributed by atoms with Crippen molar-refractivity contribution < 1.29 is 4.74 Å². The Morgan fingerprint density at radius 3 is 2.62 bits per heavy atom. The average molecular weight is 217 g/mol. The molecule has 0 bridgehead atoms. The van der Waals surface area contributed by atoms with E-state index in [9.17, 15) is 0 Å². The predicted octanol–water partition coefficient (Wildman–Crippen LogP) is 2.34. The molecule has 1 aromatic carbocycles. The molecule has 2 rings (SSSR count). The number of anilines is 1. The molecule has 84 valence electrons. The van der Waals surface area contributed by atoms with E-state index in [1.165, 1.54) is 0 Å². The largest absolute Gasteiger partial charge is 0.497 e. The molecule has 0 spiro atoms. The van der Waals surface area contributed by atoms with Crippen molar-refractivity contribution in [3.63, 3.8) is 0 Å². The first kappa shape index (κ1) is 10.7. The lowest BCUT2D eigenvalue weighted by atomic mass is 10.0. The zero-order chi connectivity index (χ0) is 11.7. The van der Waals surface area contributed by atoms with E-state index in [4.69, 9.17) is 10.5 Å². The van der Waals surface area contributed by atoms with Crippen molar-refractivity contribution in [1.82, 2.24) is 9.97 Å². The van der Waals surface area contributed by atoms with Gasteiger partial charge in [0, 0.05) is 5.39 Å².